The highest BCUT2D eigenvalue weighted by Crippen LogP contribution is 2.45. The summed E-state index contributed by atoms with van der Waals surface area (Å²) >= 11 is 0. The maximum Gasteiger partial charge on any atom is 0.472 e. The first-order valence-corrected chi connectivity index (χ1v) is 38.0. The minimum atomic E-state index is -4.95. The van der Waals surface area contributed by atoms with Gasteiger partial charge in [0.15, 0.2) is 12.2 Å². The van der Waals surface area contributed by atoms with Crippen LogP contribution >= 0.6 is 15.6 Å². The van der Waals surface area contributed by atoms with Crippen LogP contribution in [0.15, 0.2) is 0 Å². The minimum absolute atomic E-state index is 0.102. The number of rotatable bonds is 66. The number of esters is 4. The van der Waals surface area contributed by atoms with Crippen molar-refractivity contribution < 1.29 is 80.2 Å². The van der Waals surface area contributed by atoms with Gasteiger partial charge in [-0.3, -0.25) is 37.3 Å². The lowest BCUT2D eigenvalue weighted by atomic mass is 10.00. The first kappa shape index (κ1) is 84.1. The average molecular weight is 1270 g/mol. The molecule has 3 N–H and O–H groups in total. The number of carbonyl (C=O) groups excluding carboxylic acids is 4. The molecular weight excluding hydrogens is 1140 g/mol. The summed E-state index contributed by atoms with van der Waals surface area (Å²) in [4.78, 5) is 72.1. The molecule has 0 rings (SSSR count). The highest BCUT2D eigenvalue weighted by molar-refractivity contribution is 7.47. The zero-order chi connectivity index (χ0) is 63.6. The van der Waals surface area contributed by atoms with Crippen LogP contribution in [0, 0.1) is 11.8 Å². The second-order valence-electron chi connectivity index (χ2n) is 24.9. The Bertz CT molecular complexity index is 1690. The summed E-state index contributed by atoms with van der Waals surface area (Å²) in [5.74, 6) is -0.740. The largest absolute Gasteiger partial charge is 0.472 e. The van der Waals surface area contributed by atoms with Crippen molar-refractivity contribution in [3.05, 3.63) is 0 Å². The quantitative estimate of drug-likeness (QED) is 0.0222. The van der Waals surface area contributed by atoms with E-state index in [1.165, 1.54) is 135 Å². The molecule has 0 aromatic heterocycles. The molecule has 0 fully saturated rings. The topological polar surface area (TPSA) is 237 Å². The van der Waals surface area contributed by atoms with Crippen molar-refractivity contribution in [2.45, 2.75) is 355 Å². The SMILES string of the molecule is CCCCCCCCCCCCCCCCCCCCCCC(=O)O[C@H](COC(=O)CCCCCCCCC(C)CC)COP(=O)(O)OC[C@@H](O)COP(=O)(O)OC[C@@H](COC(=O)CCCCCCCCC)OC(=O)CCCCCCCCC(C)C. The molecule has 0 saturated carbocycles. The lowest BCUT2D eigenvalue weighted by Crippen LogP contribution is -2.30. The summed E-state index contributed by atoms with van der Waals surface area (Å²) in [5.41, 5.74) is 0. The summed E-state index contributed by atoms with van der Waals surface area (Å²) in [5, 5.41) is 10.5. The van der Waals surface area contributed by atoms with Gasteiger partial charge in [-0.15, -0.1) is 0 Å². The number of hydrogen-bond donors (Lipinski definition) is 3. The van der Waals surface area contributed by atoms with E-state index in [0.717, 1.165) is 115 Å². The number of carbonyl (C=O) groups is 4. The molecule has 0 heterocycles. The number of phosphoric ester groups is 2. The molecule has 0 radical (unpaired) electrons. The van der Waals surface area contributed by atoms with Gasteiger partial charge < -0.3 is 33.8 Å². The lowest BCUT2D eigenvalue weighted by Gasteiger charge is -2.21. The summed E-state index contributed by atoms with van der Waals surface area (Å²) in [6.07, 6.45) is 43.6. The minimum Gasteiger partial charge on any atom is -0.462 e. The van der Waals surface area contributed by atoms with Crippen LogP contribution in [0.5, 0.6) is 0 Å². The molecule has 0 aliphatic carbocycles. The first-order chi connectivity index (χ1) is 41.4. The molecule has 17 nitrogen and oxygen atoms in total. The third-order valence-electron chi connectivity index (χ3n) is 15.8. The Morgan fingerprint density at radius 1 is 0.337 bits per heavy atom. The normalized spacial score (nSPS) is 14.5. The molecule has 0 spiro atoms. The van der Waals surface area contributed by atoms with Crippen LogP contribution in [0.2, 0.25) is 0 Å². The molecule has 0 saturated heterocycles. The van der Waals surface area contributed by atoms with Crippen molar-refractivity contribution in [3.63, 3.8) is 0 Å². The lowest BCUT2D eigenvalue weighted by molar-refractivity contribution is -0.161. The molecule has 0 amide bonds. The zero-order valence-electron chi connectivity index (χ0n) is 55.6. The van der Waals surface area contributed by atoms with Crippen LogP contribution in [-0.4, -0.2) is 96.7 Å². The van der Waals surface area contributed by atoms with Gasteiger partial charge >= 0.3 is 39.5 Å². The second-order valence-corrected chi connectivity index (χ2v) is 27.8. The predicted octanol–water partition coefficient (Wildman–Crippen LogP) is 18.8. The molecule has 510 valence electrons. The Balaban J connectivity index is 5.13. The van der Waals surface area contributed by atoms with Crippen molar-refractivity contribution in [2.75, 3.05) is 39.6 Å². The van der Waals surface area contributed by atoms with E-state index in [1.807, 2.05) is 0 Å². The number of aliphatic hydroxyl groups excluding tert-OH is 1. The molecule has 3 unspecified atom stereocenters. The van der Waals surface area contributed by atoms with E-state index in [-0.39, 0.29) is 25.7 Å². The van der Waals surface area contributed by atoms with Gasteiger partial charge in [0, 0.05) is 25.7 Å². The van der Waals surface area contributed by atoms with Crippen molar-refractivity contribution in [1.29, 1.82) is 0 Å². The first-order valence-electron chi connectivity index (χ1n) is 35.0. The van der Waals surface area contributed by atoms with Gasteiger partial charge in [-0.05, 0) is 37.5 Å². The van der Waals surface area contributed by atoms with Gasteiger partial charge in [0.05, 0.1) is 26.4 Å². The second kappa shape index (κ2) is 59.4. The molecule has 0 aromatic rings. The van der Waals surface area contributed by atoms with Gasteiger partial charge in [0.1, 0.15) is 19.3 Å². The van der Waals surface area contributed by atoms with Gasteiger partial charge in [-0.1, -0.05) is 286 Å². The van der Waals surface area contributed by atoms with Crippen LogP contribution in [0.1, 0.15) is 337 Å². The molecule has 19 heteroatoms. The maximum atomic E-state index is 13.0. The highest BCUT2D eigenvalue weighted by atomic mass is 31.2. The van der Waals surface area contributed by atoms with Crippen LogP contribution in [0.4, 0.5) is 0 Å². The predicted molar refractivity (Wildman–Crippen MR) is 345 cm³/mol. The molecular formula is C67H130O17P2. The fourth-order valence-electron chi connectivity index (χ4n) is 10.0. The van der Waals surface area contributed by atoms with E-state index in [9.17, 15) is 43.2 Å². The van der Waals surface area contributed by atoms with Crippen molar-refractivity contribution in [2.24, 2.45) is 11.8 Å². The van der Waals surface area contributed by atoms with Crippen LogP contribution in [0.25, 0.3) is 0 Å². The standard InChI is InChI=1S/C67H130O17P2/c1-7-10-12-14-16-17-18-19-20-21-22-23-24-25-26-27-28-30-39-45-51-66(71)83-62(56-78-65(70)50-44-38-34-32-36-42-48-60(6)9-3)57-81-85(73,74)79-53-61(68)54-80-86(75,76)82-58-63(55-77-64(69)49-43-37-29-15-13-11-8-2)84-67(72)52-46-40-33-31-35-41-47-59(4)5/h59-63,68H,7-58H2,1-6H3,(H,73,74)(H,75,76)/t60?,61-,62-,63-/m1/s1. The molecule has 0 aromatic carbocycles. The van der Waals surface area contributed by atoms with Gasteiger partial charge in [-0.25, -0.2) is 9.13 Å². The van der Waals surface area contributed by atoms with E-state index in [4.69, 9.17) is 37.0 Å². The van der Waals surface area contributed by atoms with E-state index in [1.54, 1.807) is 0 Å². The summed E-state index contributed by atoms with van der Waals surface area (Å²) in [6.45, 7) is 9.34. The smallest absolute Gasteiger partial charge is 0.462 e. The Morgan fingerprint density at radius 3 is 0.884 bits per heavy atom. The summed E-state index contributed by atoms with van der Waals surface area (Å²) < 4.78 is 68.0. The average Bonchev–Trinajstić information content (AvgIpc) is 3.70. The Hall–Kier alpha value is -1.94. The summed E-state index contributed by atoms with van der Waals surface area (Å²) in [6, 6.07) is 0. The monoisotopic (exact) mass is 1270 g/mol. The number of ether oxygens (including phenoxy) is 4. The number of unbranched alkanes of at least 4 members (excludes halogenated alkanes) is 35. The third-order valence-corrected chi connectivity index (χ3v) is 17.7. The van der Waals surface area contributed by atoms with E-state index < -0.39 is 97.5 Å². The van der Waals surface area contributed by atoms with Gasteiger partial charge in [-0.2, -0.15) is 0 Å². The number of aliphatic hydroxyl groups is 1. The van der Waals surface area contributed by atoms with Crippen LogP contribution < -0.4 is 0 Å². The zero-order valence-corrected chi connectivity index (χ0v) is 57.4. The Labute approximate surface area is 524 Å². The molecule has 6 atom stereocenters. The molecule has 86 heavy (non-hydrogen) atoms. The molecule has 0 aliphatic rings. The van der Waals surface area contributed by atoms with Gasteiger partial charge in [0.2, 0.25) is 0 Å². The Morgan fingerprint density at radius 2 is 0.593 bits per heavy atom. The van der Waals surface area contributed by atoms with Gasteiger partial charge in [0.25, 0.3) is 0 Å². The third kappa shape index (κ3) is 59.7. The molecule has 0 aliphatic heterocycles. The summed E-state index contributed by atoms with van der Waals surface area (Å²) in [7, 11) is -9.89. The maximum absolute atomic E-state index is 13.0. The highest BCUT2D eigenvalue weighted by Gasteiger charge is 2.30. The number of phosphoric acid groups is 2. The Kier molecular flexibility index (Phi) is 58.0. The van der Waals surface area contributed by atoms with E-state index >= 15 is 0 Å². The fraction of sp³-hybridized carbons (Fsp3) is 0.940. The van der Waals surface area contributed by atoms with Crippen molar-refractivity contribution in [3.8, 4) is 0 Å². The van der Waals surface area contributed by atoms with E-state index in [0.29, 0.717) is 31.6 Å². The number of hydrogen-bond acceptors (Lipinski definition) is 15. The van der Waals surface area contributed by atoms with Crippen molar-refractivity contribution >= 4 is 39.5 Å². The van der Waals surface area contributed by atoms with Crippen LogP contribution in [-0.2, 0) is 65.4 Å². The van der Waals surface area contributed by atoms with Crippen molar-refractivity contribution in [1.82, 2.24) is 0 Å². The fourth-order valence-corrected chi connectivity index (χ4v) is 11.6. The molecule has 0 bridgehead atoms. The van der Waals surface area contributed by atoms with Crippen LogP contribution in [0.3, 0.4) is 0 Å². The van der Waals surface area contributed by atoms with E-state index in [2.05, 4.69) is 41.5 Å².